The molecule has 1 aliphatic rings. The Morgan fingerprint density at radius 1 is 1.64 bits per heavy atom. The summed E-state index contributed by atoms with van der Waals surface area (Å²) in [5.41, 5.74) is 0. The highest BCUT2D eigenvalue weighted by Crippen LogP contribution is 2.16. The molecule has 4 heteroatoms. The zero-order valence-corrected chi connectivity index (χ0v) is 9.06. The van der Waals surface area contributed by atoms with Gasteiger partial charge in [-0.3, -0.25) is 9.69 Å². The molecule has 2 unspecified atom stereocenters. The van der Waals surface area contributed by atoms with Crippen molar-refractivity contribution in [3.05, 3.63) is 0 Å². The van der Waals surface area contributed by atoms with E-state index in [0.717, 1.165) is 6.54 Å². The molecule has 0 aliphatic carbocycles. The monoisotopic (exact) mass is 201 g/mol. The summed E-state index contributed by atoms with van der Waals surface area (Å²) in [7, 11) is 0. The second-order valence-corrected chi connectivity index (χ2v) is 4.19. The minimum Gasteiger partial charge on any atom is -0.481 e. The molecule has 1 fully saturated rings. The van der Waals surface area contributed by atoms with Crippen molar-refractivity contribution in [2.45, 2.75) is 45.4 Å². The number of nitrogens with zero attached hydrogens (tertiary/aromatic N) is 1. The lowest BCUT2D eigenvalue weighted by molar-refractivity contribution is -0.144. The highest BCUT2D eigenvalue weighted by molar-refractivity contribution is 5.67. The highest BCUT2D eigenvalue weighted by atomic mass is 16.5. The molecule has 1 heterocycles. The van der Waals surface area contributed by atoms with Crippen LogP contribution < -0.4 is 0 Å². The largest absolute Gasteiger partial charge is 0.481 e. The third-order valence-electron chi connectivity index (χ3n) is 2.62. The van der Waals surface area contributed by atoms with Gasteiger partial charge in [-0.05, 0) is 20.8 Å². The molecule has 0 aromatic heterocycles. The summed E-state index contributed by atoms with van der Waals surface area (Å²) in [6.07, 6.45) is -0.0400. The van der Waals surface area contributed by atoms with Crippen molar-refractivity contribution in [2.75, 3.05) is 13.2 Å². The predicted molar refractivity (Wildman–Crippen MR) is 53.3 cm³/mol. The van der Waals surface area contributed by atoms with Crippen LogP contribution in [0, 0.1) is 0 Å². The third kappa shape index (κ3) is 2.96. The molecular weight excluding hydrogens is 182 g/mol. The Labute approximate surface area is 84.8 Å². The number of carboxylic acid groups (broad SMARTS) is 1. The minimum atomic E-state index is -0.784. The fourth-order valence-corrected chi connectivity index (χ4v) is 1.88. The Balaban J connectivity index is 2.48. The van der Waals surface area contributed by atoms with Crippen LogP contribution in [0.25, 0.3) is 0 Å². The van der Waals surface area contributed by atoms with Gasteiger partial charge in [-0.25, -0.2) is 0 Å². The number of carboxylic acids is 1. The minimum absolute atomic E-state index is 0.107. The average molecular weight is 201 g/mol. The van der Waals surface area contributed by atoms with Crippen molar-refractivity contribution in [1.82, 2.24) is 4.90 Å². The molecule has 1 rings (SSSR count). The summed E-state index contributed by atoms with van der Waals surface area (Å²) in [6.45, 7) is 7.72. The van der Waals surface area contributed by atoms with Gasteiger partial charge >= 0.3 is 5.97 Å². The molecular formula is C10H19NO3. The first-order chi connectivity index (χ1) is 6.50. The molecule has 1 N–H and O–H groups in total. The quantitative estimate of drug-likeness (QED) is 0.739. The maximum atomic E-state index is 10.5. The fraction of sp³-hybridized carbons (Fsp3) is 0.900. The number of rotatable bonds is 3. The second-order valence-electron chi connectivity index (χ2n) is 4.19. The normalized spacial score (nSPS) is 29.4. The van der Waals surface area contributed by atoms with Crippen LogP contribution in [-0.4, -0.2) is 47.3 Å². The van der Waals surface area contributed by atoms with Gasteiger partial charge in [0.05, 0.1) is 19.1 Å². The predicted octanol–water partition coefficient (Wildman–Crippen LogP) is 0.959. The SMILES string of the molecule is CC(C)N1CC(CC(=O)O)OCC1C. The molecule has 0 radical (unpaired) electrons. The molecule has 0 spiro atoms. The Kier molecular flexibility index (Phi) is 3.89. The molecule has 0 aromatic rings. The van der Waals surface area contributed by atoms with E-state index in [4.69, 9.17) is 9.84 Å². The maximum Gasteiger partial charge on any atom is 0.306 e. The first kappa shape index (κ1) is 11.5. The van der Waals surface area contributed by atoms with Crippen molar-refractivity contribution in [2.24, 2.45) is 0 Å². The van der Waals surface area contributed by atoms with E-state index in [1.165, 1.54) is 0 Å². The van der Waals surface area contributed by atoms with Crippen LogP contribution in [0.4, 0.5) is 0 Å². The standard InChI is InChI=1S/C10H19NO3/c1-7(2)11-5-9(4-10(12)13)14-6-8(11)3/h7-9H,4-6H2,1-3H3,(H,12,13). The summed E-state index contributed by atoms with van der Waals surface area (Å²) in [5, 5.41) is 8.66. The lowest BCUT2D eigenvalue weighted by Gasteiger charge is -2.40. The number of ether oxygens (including phenoxy) is 1. The van der Waals surface area contributed by atoms with Crippen LogP contribution in [-0.2, 0) is 9.53 Å². The van der Waals surface area contributed by atoms with Gasteiger partial charge in [0.1, 0.15) is 0 Å². The zero-order valence-electron chi connectivity index (χ0n) is 9.06. The van der Waals surface area contributed by atoms with E-state index in [1.54, 1.807) is 0 Å². The molecule has 82 valence electrons. The molecule has 0 bridgehead atoms. The van der Waals surface area contributed by atoms with E-state index in [2.05, 4.69) is 25.7 Å². The van der Waals surface area contributed by atoms with Crippen LogP contribution >= 0.6 is 0 Å². The zero-order chi connectivity index (χ0) is 10.7. The Morgan fingerprint density at radius 2 is 2.29 bits per heavy atom. The van der Waals surface area contributed by atoms with Gasteiger partial charge in [0.25, 0.3) is 0 Å². The van der Waals surface area contributed by atoms with E-state index in [9.17, 15) is 4.79 Å². The second kappa shape index (κ2) is 4.75. The summed E-state index contributed by atoms with van der Waals surface area (Å²) in [6, 6.07) is 0.838. The lowest BCUT2D eigenvalue weighted by atomic mass is 10.1. The molecule has 0 amide bonds. The van der Waals surface area contributed by atoms with E-state index in [-0.39, 0.29) is 12.5 Å². The fourth-order valence-electron chi connectivity index (χ4n) is 1.88. The molecule has 14 heavy (non-hydrogen) atoms. The Bertz CT molecular complexity index is 206. The van der Waals surface area contributed by atoms with Crippen LogP contribution in [0.3, 0.4) is 0 Å². The van der Waals surface area contributed by atoms with Gasteiger partial charge < -0.3 is 9.84 Å². The Morgan fingerprint density at radius 3 is 2.79 bits per heavy atom. The van der Waals surface area contributed by atoms with Gasteiger partial charge in [0.2, 0.25) is 0 Å². The average Bonchev–Trinajstić information content (AvgIpc) is 2.07. The third-order valence-corrected chi connectivity index (χ3v) is 2.62. The van der Waals surface area contributed by atoms with Crippen LogP contribution in [0.5, 0.6) is 0 Å². The number of hydrogen-bond donors (Lipinski definition) is 1. The summed E-state index contributed by atoms with van der Waals surface area (Å²) in [4.78, 5) is 12.8. The van der Waals surface area contributed by atoms with E-state index < -0.39 is 5.97 Å². The van der Waals surface area contributed by atoms with Crippen LogP contribution in [0.15, 0.2) is 0 Å². The van der Waals surface area contributed by atoms with Gasteiger partial charge in [-0.1, -0.05) is 0 Å². The topological polar surface area (TPSA) is 49.8 Å². The van der Waals surface area contributed by atoms with Crippen LogP contribution in [0.1, 0.15) is 27.2 Å². The van der Waals surface area contributed by atoms with Crippen molar-refractivity contribution in [3.63, 3.8) is 0 Å². The molecule has 4 nitrogen and oxygen atoms in total. The first-order valence-corrected chi connectivity index (χ1v) is 5.10. The van der Waals surface area contributed by atoms with E-state index in [1.807, 2.05) is 0 Å². The molecule has 0 aromatic carbocycles. The maximum absolute atomic E-state index is 10.5. The van der Waals surface area contributed by atoms with Gasteiger partial charge in [0, 0.05) is 18.6 Å². The van der Waals surface area contributed by atoms with Crippen molar-refractivity contribution >= 4 is 5.97 Å². The van der Waals surface area contributed by atoms with Crippen molar-refractivity contribution in [1.29, 1.82) is 0 Å². The number of morpholine rings is 1. The molecule has 1 saturated heterocycles. The van der Waals surface area contributed by atoms with E-state index >= 15 is 0 Å². The van der Waals surface area contributed by atoms with E-state index in [0.29, 0.717) is 18.7 Å². The summed E-state index contributed by atoms with van der Waals surface area (Å²) in [5.74, 6) is -0.784. The molecule has 1 aliphatic heterocycles. The van der Waals surface area contributed by atoms with Gasteiger partial charge in [0.15, 0.2) is 0 Å². The Hall–Kier alpha value is -0.610. The smallest absolute Gasteiger partial charge is 0.306 e. The van der Waals surface area contributed by atoms with Crippen molar-refractivity contribution < 1.29 is 14.6 Å². The number of carbonyl (C=O) groups is 1. The van der Waals surface area contributed by atoms with Gasteiger partial charge in [-0.2, -0.15) is 0 Å². The summed E-state index contributed by atoms with van der Waals surface area (Å²) >= 11 is 0. The summed E-state index contributed by atoms with van der Waals surface area (Å²) < 4.78 is 5.46. The van der Waals surface area contributed by atoms with Crippen LogP contribution in [0.2, 0.25) is 0 Å². The molecule has 0 saturated carbocycles. The number of aliphatic carboxylic acids is 1. The number of hydrogen-bond acceptors (Lipinski definition) is 3. The lowest BCUT2D eigenvalue weighted by Crippen LogP contribution is -2.51. The molecule has 2 atom stereocenters. The van der Waals surface area contributed by atoms with Crippen molar-refractivity contribution in [3.8, 4) is 0 Å². The first-order valence-electron chi connectivity index (χ1n) is 5.10. The highest BCUT2D eigenvalue weighted by Gasteiger charge is 2.28. The van der Waals surface area contributed by atoms with Gasteiger partial charge in [-0.15, -0.1) is 0 Å².